The van der Waals surface area contributed by atoms with E-state index in [4.69, 9.17) is 9.47 Å². The van der Waals surface area contributed by atoms with Crippen LogP contribution >= 0.6 is 0 Å². The molecule has 0 fully saturated rings. The molecule has 0 amide bonds. The first kappa shape index (κ1) is 8.77. The van der Waals surface area contributed by atoms with Crippen LogP contribution < -0.4 is 9.47 Å². The number of rotatable bonds is 0. The second kappa shape index (κ2) is 2.99. The molecule has 3 rings (SSSR count). The third-order valence-electron chi connectivity index (χ3n) is 2.93. The van der Waals surface area contributed by atoms with Crippen molar-refractivity contribution in [2.75, 3.05) is 6.54 Å². The Morgan fingerprint density at radius 2 is 2.27 bits per heavy atom. The molecule has 2 heterocycles. The van der Waals surface area contributed by atoms with Crippen molar-refractivity contribution in [1.82, 2.24) is 0 Å². The number of benzene rings is 1. The van der Waals surface area contributed by atoms with Gasteiger partial charge in [0.1, 0.15) is 0 Å². The van der Waals surface area contributed by atoms with E-state index in [1.54, 1.807) is 0 Å². The molecule has 0 aromatic heterocycles. The Balaban J connectivity index is 2.20. The molecule has 1 atom stereocenters. The Hall–Kier alpha value is -1.51. The lowest BCUT2D eigenvalue weighted by atomic mass is 9.97. The van der Waals surface area contributed by atoms with Gasteiger partial charge in [0.15, 0.2) is 11.5 Å². The number of hydrogen-bond acceptors (Lipinski definition) is 3. The highest BCUT2D eigenvalue weighted by Gasteiger charge is 2.25. The molecule has 78 valence electrons. The van der Waals surface area contributed by atoms with E-state index in [0.717, 1.165) is 30.0 Å². The summed E-state index contributed by atoms with van der Waals surface area (Å²) >= 11 is 0. The monoisotopic (exact) mass is 203 g/mol. The minimum atomic E-state index is -0.167. The quantitative estimate of drug-likeness (QED) is 0.646. The standard InChI is InChI=1S/C12H13NO2/c1-7-10-6-13-4-3-9(10)5-11-12(7)15-8(2)14-11/h5-6,8H,3-4H2,1-2H3. The van der Waals surface area contributed by atoms with Crippen LogP contribution in [0.4, 0.5) is 0 Å². The molecular formula is C12H13NO2. The fraction of sp³-hybridized carbons (Fsp3) is 0.417. The van der Waals surface area contributed by atoms with Crippen LogP contribution in [0.3, 0.4) is 0 Å². The average Bonchev–Trinajstić information content (AvgIpc) is 2.59. The Labute approximate surface area is 88.7 Å². The van der Waals surface area contributed by atoms with Gasteiger partial charge in [0, 0.05) is 30.8 Å². The highest BCUT2D eigenvalue weighted by molar-refractivity contribution is 5.87. The van der Waals surface area contributed by atoms with Gasteiger partial charge in [-0.15, -0.1) is 0 Å². The molecule has 1 aromatic rings. The van der Waals surface area contributed by atoms with Crippen molar-refractivity contribution in [3.8, 4) is 11.5 Å². The Morgan fingerprint density at radius 1 is 1.40 bits per heavy atom. The summed E-state index contributed by atoms with van der Waals surface area (Å²) in [6.45, 7) is 4.85. The zero-order valence-corrected chi connectivity index (χ0v) is 8.91. The fourth-order valence-electron chi connectivity index (χ4n) is 2.18. The number of hydrogen-bond donors (Lipinski definition) is 0. The zero-order valence-electron chi connectivity index (χ0n) is 8.91. The summed E-state index contributed by atoms with van der Waals surface area (Å²) < 4.78 is 11.2. The molecule has 1 aromatic carbocycles. The van der Waals surface area contributed by atoms with Gasteiger partial charge < -0.3 is 9.47 Å². The smallest absolute Gasteiger partial charge is 0.238 e. The Bertz CT molecular complexity index is 451. The summed E-state index contributed by atoms with van der Waals surface area (Å²) in [5.74, 6) is 1.77. The largest absolute Gasteiger partial charge is 0.451 e. The molecule has 0 bridgehead atoms. The summed E-state index contributed by atoms with van der Waals surface area (Å²) in [7, 11) is 0. The van der Waals surface area contributed by atoms with Crippen LogP contribution in [0.5, 0.6) is 11.5 Å². The van der Waals surface area contributed by atoms with Crippen molar-refractivity contribution >= 4 is 6.21 Å². The summed E-state index contributed by atoms with van der Waals surface area (Å²) in [6.07, 6.45) is 2.78. The van der Waals surface area contributed by atoms with Gasteiger partial charge in [-0.05, 0) is 25.0 Å². The highest BCUT2D eigenvalue weighted by atomic mass is 16.7. The van der Waals surface area contributed by atoms with Crippen LogP contribution in [0.15, 0.2) is 11.1 Å². The number of fused-ring (bicyclic) bond motifs is 2. The Kier molecular flexibility index (Phi) is 1.75. The van der Waals surface area contributed by atoms with Crippen molar-refractivity contribution in [2.45, 2.75) is 26.6 Å². The van der Waals surface area contributed by atoms with E-state index in [1.165, 1.54) is 11.1 Å². The topological polar surface area (TPSA) is 30.8 Å². The highest BCUT2D eigenvalue weighted by Crippen LogP contribution is 2.41. The number of aliphatic imine (C=N–C) groups is 1. The molecule has 0 saturated heterocycles. The van der Waals surface area contributed by atoms with Crippen LogP contribution in [0.25, 0.3) is 0 Å². The predicted molar refractivity (Wildman–Crippen MR) is 58.1 cm³/mol. The van der Waals surface area contributed by atoms with Crippen LogP contribution in [-0.4, -0.2) is 19.0 Å². The van der Waals surface area contributed by atoms with Gasteiger partial charge in [-0.25, -0.2) is 0 Å². The summed E-state index contributed by atoms with van der Waals surface area (Å²) in [5.41, 5.74) is 3.67. The molecular weight excluding hydrogens is 190 g/mol. The Morgan fingerprint density at radius 3 is 3.13 bits per heavy atom. The van der Waals surface area contributed by atoms with Crippen molar-refractivity contribution in [1.29, 1.82) is 0 Å². The van der Waals surface area contributed by atoms with Gasteiger partial charge in [0.05, 0.1) is 0 Å². The first-order chi connectivity index (χ1) is 7.25. The van der Waals surface area contributed by atoms with E-state index in [2.05, 4.69) is 18.0 Å². The van der Waals surface area contributed by atoms with E-state index < -0.39 is 0 Å². The maximum Gasteiger partial charge on any atom is 0.238 e. The molecule has 15 heavy (non-hydrogen) atoms. The molecule has 2 aliphatic heterocycles. The summed E-state index contributed by atoms with van der Waals surface area (Å²) in [4.78, 5) is 4.30. The van der Waals surface area contributed by atoms with E-state index >= 15 is 0 Å². The van der Waals surface area contributed by atoms with Gasteiger partial charge in [-0.3, -0.25) is 4.99 Å². The second-order valence-corrected chi connectivity index (χ2v) is 3.99. The van der Waals surface area contributed by atoms with Gasteiger partial charge in [0.2, 0.25) is 6.29 Å². The van der Waals surface area contributed by atoms with Crippen LogP contribution in [0.1, 0.15) is 23.6 Å². The molecule has 1 unspecified atom stereocenters. The molecule has 0 N–H and O–H groups in total. The first-order valence-corrected chi connectivity index (χ1v) is 5.25. The fourth-order valence-corrected chi connectivity index (χ4v) is 2.18. The van der Waals surface area contributed by atoms with Crippen molar-refractivity contribution in [3.05, 3.63) is 22.8 Å². The molecule has 0 radical (unpaired) electrons. The first-order valence-electron chi connectivity index (χ1n) is 5.25. The lowest BCUT2D eigenvalue weighted by Gasteiger charge is -2.14. The van der Waals surface area contributed by atoms with Crippen molar-refractivity contribution in [3.63, 3.8) is 0 Å². The van der Waals surface area contributed by atoms with E-state index in [1.807, 2.05) is 13.1 Å². The van der Waals surface area contributed by atoms with Crippen LogP contribution in [-0.2, 0) is 6.42 Å². The number of ether oxygens (including phenoxy) is 2. The molecule has 3 heteroatoms. The maximum atomic E-state index is 5.62. The third-order valence-corrected chi connectivity index (χ3v) is 2.93. The van der Waals surface area contributed by atoms with Gasteiger partial charge >= 0.3 is 0 Å². The predicted octanol–water partition coefficient (Wildman–Crippen LogP) is 2.09. The molecule has 0 spiro atoms. The molecule has 0 aliphatic carbocycles. The normalized spacial score (nSPS) is 21.6. The third kappa shape index (κ3) is 1.23. The zero-order chi connectivity index (χ0) is 10.4. The van der Waals surface area contributed by atoms with Crippen LogP contribution in [0, 0.1) is 6.92 Å². The second-order valence-electron chi connectivity index (χ2n) is 3.99. The molecule has 3 nitrogen and oxygen atoms in total. The SMILES string of the molecule is Cc1c2c(cc3c1OC(C)O3)CCN=C2. The lowest BCUT2D eigenvalue weighted by Crippen LogP contribution is -2.11. The lowest BCUT2D eigenvalue weighted by molar-refractivity contribution is 0.0675. The summed E-state index contributed by atoms with van der Waals surface area (Å²) in [5, 5.41) is 0. The number of nitrogens with zero attached hydrogens (tertiary/aromatic N) is 1. The minimum Gasteiger partial charge on any atom is -0.451 e. The molecule has 2 aliphatic rings. The maximum absolute atomic E-state index is 5.62. The molecule has 0 saturated carbocycles. The minimum absolute atomic E-state index is 0.167. The van der Waals surface area contributed by atoms with Gasteiger partial charge in [-0.2, -0.15) is 0 Å². The van der Waals surface area contributed by atoms with E-state index in [-0.39, 0.29) is 6.29 Å². The van der Waals surface area contributed by atoms with Gasteiger partial charge in [-0.1, -0.05) is 0 Å². The van der Waals surface area contributed by atoms with Crippen LogP contribution in [0.2, 0.25) is 0 Å². The van der Waals surface area contributed by atoms with E-state index in [9.17, 15) is 0 Å². The van der Waals surface area contributed by atoms with E-state index in [0.29, 0.717) is 0 Å². The van der Waals surface area contributed by atoms with Crippen molar-refractivity contribution in [2.24, 2.45) is 4.99 Å². The van der Waals surface area contributed by atoms with Crippen molar-refractivity contribution < 1.29 is 9.47 Å². The average molecular weight is 203 g/mol. The summed E-state index contributed by atoms with van der Waals surface area (Å²) in [6, 6.07) is 2.09. The van der Waals surface area contributed by atoms with Gasteiger partial charge in [0.25, 0.3) is 0 Å².